The van der Waals surface area contributed by atoms with Gasteiger partial charge in [-0.25, -0.2) is 8.78 Å². The zero-order chi connectivity index (χ0) is 8.41. The van der Waals surface area contributed by atoms with Gasteiger partial charge in [-0.2, -0.15) is 0 Å². The van der Waals surface area contributed by atoms with Gasteiger partial charge in [-0.1, -0.05) is 46.4 Å². The van der Waals surface area contributed by atoms with Crippen molar-refractivity contribution in [2.75, 3.05) is 0 Å². The summed E-state index contributed by atoms with van der Waals surface area (Å²) in [5.74, 6) is 0. The van der Waals surface area contributed by atoms with Gasteiger partial charge in [-0.15, -0.1) is 0 Å². The highest BCUT2D eigenvalue weighted by Gasteiger charge is 2.30. The maximum atomic E-state index is 12.2. The maximum Gasteiger partial charge on any atom is 0.257 e. The van der Waals surface area contributed by atoms with Crippen LogP contribution < -0.4 is 0 Å². The summed E-state index contributed by atoms with van der Waals surface area (Å²) >= 11 is 19.4. The minimum atomic E-state index is -2.46. The molecule has 0 aliphatic heterocycles. The minimum Gasteiger partial charge on any atom is -0.208 e. The lowest BCUT2D eigenvalue weighted by atomic mass is 10.3. The van der Waals surface area contributed by atoms with E-state index in [4.69, 9.17) is 46.4 Å². The molecule has 0 rings (SSSR count). The number of hydrogen-bond acceptors (Lipinski definition) is 0. The standard InChI is InChI=1S/C4H4Cl4F2/c5-3(6,9)1-2-4(7,8)10/h1-2H2. The molecule has 0 heterocycles. The monoisotopic (exact) mass is 230 g/mol. The third-order valence-corrected chi connectivity index (χ3v) is 1.45. The SMILES string of the molecule is FC(Cl)(Cl)CCC(F)(Cl)Cl. The molecular formula is C4H4Cl4F2. The lowest BCUT2D eigenvalue weighted by molar-refractivity contribution is 0.301. The molecule has 0 aromatic heterocycles. The van der Waals surface area contributed by atoms with E-state index in [2.05, 4.69) is 0 Å². The molecule has 0 saturated carbocycles. The Balaban J connectivity index is 3.56. The van der Waals surface area contributed by atoms with Crippen molar-refractivity contribution in [1.82, 2.24) is 0 Å². The number of rotatable bonds is 3. The smallest absolute Gasteiger partial charge is 0.208 e. The first-order valence-corrected chi connectivity index (χ1v) is 3.85. The van der Waals surface area contributed by atoms with Gasteiger partial charge in [-0.05, 0) is 0 Å². The van der Waals surface area contributed by atoms with Gasteiger partial charge in [0.25, 0.3) is 9.17 Å². The fourth-order valence-electron chi connectivity index (χ4n) is 0.283. The summed E-state index contributed by atoms with van der Waals surface area (Å²) in [6.45, 7) is 0. The molecule has 0 aromatic rings. The van der Waals surface area contributed by atoms with Crippen LogP contribution in [0, 0.1) is 0 Å². The fraction of sp³-hybridized carbons (Fsp3) is 1.00. The van der Waals surface area contributed by atoms with Crippen molar-refractivity contribution in [3.8, 4) is 0 Å². The predicted molar refractivity (Wildman–Crippen MR) is 40.3 cm³/mol. The van der Waals surface area contributed by atoms with E-state index < -0.39 is 22.0 Å². The zero-order valence-corrected chi connectivity index (χ0v) is 7.71. The van der Waals surface area contributed by atoms with Gasteiger partial charge in [0.1, 0.15) is 0 Å². The van der Waals surface area contributed by atoms with E-state index in [9.17, 15) is 8.78 Å². The Hall–Kier alpha value is 1.02. The molecule has 0 aliphatic rings. The van der Waals surface area contributed by atoms with Crippen molar-refractivity contribution in [3.05, 3.63) is 0 Å². The van der Waals surface area contributed by atoms with Crippen molar-refractivity contribution in [1.29, 1.82) is 0 Å². The zero-order valence-electron chi connectivity index (χ0n) is 4.68. The van der Waals surface area contributed by atoms with Crippen LogP contribution in [-0.4, -0.2) is 9.17 Å². The second kappa shape index (κ2) is 3.61. The summed E-state index contributed by atoms with van der Waals surface area (Å²) in [7, 11) is 0. The van der Waals surface area contributed by atoms with Crippen LogP contribution in [-0.2, 0) is 0 Å². The van der Waals surface area contributed by atoms with E-state index in [0.717, 1.165) is 0 Å². The van der Waals surface area contributed by atoms with Crippen LogP contribution in [0.3, 0.4) is 0 Å². The first-order chi connectivity index (χ1) is 4.21. The summed E-state index contributed by atoms with van der Waals surface area (Å²) in [5.41, 5.74) is 0. The molecule has 0 radical (unpaired) electrons. The molecule has 0 fully saturated rings. The first-order valence-electron chi connectivity index (χ1n) is 2.34. The van der Waals surface area contributed by atoms with Gasteiger partial charge in [0.15, 0.2) is 0 Å². The molecule has 0 aromatic carbocycles. The summed E-state index contributed by atoms with van der Waals surface area (Å²) in [4.78, 5) is 0. The van der Waals surface area contributed by atoms with E-state index in [1.165, 1.54) is 0 Å². The summed E-state index contributed by atoms with van der Waals surface area (Å²) in [6.07, 6.45) is -0.890. The third-order valence-electron chi connectivity index (χ3n) is 0.692. The minimum absolute atomic E-state index is 0.445. The molecule has 0 amide bonds. The quantitative estimate of drug-likeness (QED) is 0.645. The van der Waals surface area contributed by atoms with Gasteiger partial charge in [-0.3, -0.25) is 0 Å². The predicted octanol–water partition coefficient (Wildman–Crippen LogP) is 3.97. The topological polar surface area (TPSA) is 0 Å². The molecule has 0 atom stereocenters. The summed E-state index contributed by atoms with van der Waals surface area (Å²) < 4.78 is 19.4. The Kier molecular flexibility index (Phi) is 3.98. The average molecular weight is 232 g/mol. The van der Waals surface area contributed by atoms with Gasteiger partial charge >= 0.3 is 0 Å². The Labute approximate surface area is 77.4 Å². The van der Waals surface area contributed by atoms with Gasteiger partial charge in [0.2, 0.25) is 0 Å². The number of halogens is 6. The second-order valence-corrected chi connectivity index (χ2v) is 4.51. The Morgan fingerprint density at radius 1 is 0.800 bits per heavy atom. The van der Waals surface area contributed by atoms with E-state index in [1.807, 2.05) is 0 Å². The Bertz CT molecular complexity index is 88.8. The van der Waals surface area contributed by atoms with E-state index in [1.54, 1.807) is 0 Å². The number of alkyl halides is 6. The van der Waals surface area contributed by atoms with Crippen LogP contribution in [0.2, 0.25) is 0 Å². The summed E-state index contributed by atoms with van der Waals surface area (Å²) in [5, 5.41) is 0. The lowest BCUT2D eigenvalue weighted by Gasteiger charge is -2.12. The molecule has 0 saturated heterocycles. The highest BCUT2D eigenvalue weighted by molar-refractivity contribution is 6.48. The highest BCUT2D eigenvalue weighted by Crippen LogP contribution is 2.36. The van der Waals surface area contributed by atoms with Crippen molar-refractivity contribution < 1.29 is 8.78 Å². The number of hydrogen-bond donors (Lipinski definition) is 0. The molecule has 0 bridgehead atoms. The normalized spacial score (nSPS) is 13.8. The largest absolute Gasteiger partial charge is 0.257 e. The Morgan fingerprint density at radius 2 is 1.00 bits per heavy atom. The van der Waals surface area contributed by atoms with Crippen LogP contribution in [0.25, 0.3) is 0 Å². The molecule has 0 N–H and O–H groups in total. The van der Waals surface area contributed by atoms with Gasteiger partial charge < -0.3 is 0 Å². The van der Waals surface area contributed by atoms with Crippen molar-refractivity contribution in [2.45, 2.75) is 22.0 Å². The van der Waals surface area contributed by atoms with Crippen LogP contribution in [0.1, 0.15) is 12.8 Å². The molecule has 6 heteroatoms. The van der Waals surface area contributed by atoms with Gasteiger partial charge in [0.05, 0.1) is 0 Å². The van der Waals surface area contributed by atoms with E-state index >= 15 is 0 Å². The third kappa shape index (κ3) is 9.02. The van der Waals surface area contributed by atoms with Crippen LogP contribution in [0.15, 0.2) is 0 Å². The Morgan fingerprint density at radius 3 is 1.10 bits per heavy atom. The average Bonchev–Trinajstić information content (AvgIpc) is 1.57. The molecule has 0 nitrogen and oxygen atoms in total. The van der Waals surface area contributed by atoms with Crippen molar-refractivity contribution in [2.24, 2.45) is 0 Å². The second-order valence-electron chi connectivity index (χ2n) is 1.73. The van der Waals surface area contributed by atoms with E-state index in [-0.39, 0.29) is 0 Å². The highest BCUT2D eigenvalue weighted by atomic mass is 35.5. The fourth-order valence-corrected chi connectivity index (χ4v) is 0.661. The molecule has 0 aliphatic carbocycles. The van der Waals surface area contributed by atoms with Crippen LogP contribution in [0.5, 0.6) is 0 Å². The molecular weight excluding hydrogens is 228 g/mol. The van der Waals surface area contributed by atoms with Crippen LogP contribution >= 0.6 is 46.4 Å². The van der Waals surface area contributed by atoms with Crippen LogP contribution in [0.4, 0.5) is 8.78 Å². The summed E-state index contributed by atoms with van der Waals surface area (Å²) in [6, 6.07) is 0. The molecule has 10 heavy (non-hydrogen) atoms. The van der Waals surface area contributed by atoms with Gasteiger partial charge in [0, 0.05) is 12.8 Å². The van der Waals surface area contributed by atoms with Crippen molar-refractivity contribution >= 4 is 46.4 Å². The maximum absolute atomic E-state index is 12.2. The lowest BCUT2D eigenvalue weighted by Crippen LogP contribution is -2.11. The first kappa shape index (κ1) is 11.0. The molecule has 62 valence electrons. The molecule has 0 unspecified atom stereocenters. The van der Waals surface area contributed by atoms with Crippen molar-refractivity contribution in [3.63, 3.8) is 0 Å². The van der Waals surface area contributed by atoms with E-state index in [0.29, 0.717) is 0 Å². The molecule has 0 spiro atoms.